The number of nitrogens with one attached hydrogen (secondary N) is 1. The van der Waals surface area contributed by atoms with Crippen LogP contribution in [0.1, 0.15) is 42.1 Å². The highest BCUT2D eigenvalue weighted by molar-refractivity contribution is 7.92. The summed E-state index contributed by atoms with van der Waals surface area (Å²) in [6.07, 6.45) is 4.19. The first-order valence-corrected chi connectivity index (χ1v) is 16.1. The minimum absolute atomic E-state index is 0.0172. The molecular formula is C32H30ClF3N2O4S. The summed E-state index contributed by atoms with van der Waals surface area (Å²) in [6, 6.07) is 15.2. The van der Waals surface area contributed by atoms with Crippen LogP contribution >= 0.6 is 11.6 Å². The van der Waals surface area contributed by atoms with Crippen LogP contribution in [0.2, 0.25) is 5.02 Å². The monoisotopic (exact) mass is 630 g/mol. The van der Waals surface area contributed by atoms with Crippen molar-refractivity contribution < 1.29 is 31.2 Å². The standard InChI is InChI=1S/C32H30ClF3N2O4S/c1-18-17-42-38(16-19-5-3-2-4-6-19)30(18)23-11-20-7-8-21(12-23)31(20)43(40,41)28-13-22(9-10-25(28)33)32(39)37-24-14-26(34)29(36)27(35)15-24/h2-6,9-11,13-15,18,20-21,30-31H,7-8,12,16-17H2,1H3,(H,37,39)/t18?,20-,21?,30?,31?/m0/s1. The van der Waals surface area contributed by atoms with Gasteiger partial charge in [0.1, 0.15) is 0 Å². The normalized spacial score (nSPS) is 25.5. The fraction of sp³-hybridized carbons (Fsp3) is 0.344. The number of carbonyl (C=O) groups excluding carboxylic acids is 1. The van der Waals surface area contributed by atoms with Crippen molar-refractivity contribution in [1.29, 1.82) is 0 Å². The van der Waals surface area contributed by atoms with Gasteiger partial charge in [-0.25, -0.2) is 21.6 Å². The van der Waals surface area contributed by atoms with E-state index >= 15 is 0 Å². The number of rotatable bonds is 7. The Labute approximate surface area is 253 Å². The summed E-state index contributed by atoms with van der Waals surface area (Å²) in [6.45, 7) is 3.37. The highest BCUT2D eigenvalue weighted by Crippen LogP contribution is 2.49. The first-order valence-electron chi connectivity index (χ1n) is 14.2. The van der Waals surface area contributed by atoms with Gasteiger partial charge in [-0.1, -0.05) is 60.5 Å². The van der Waals surface area contributed by atoms with Crippen LogP contribution in [-0.4, -0.2) is 37.3 Å². The maximum absolute atomic E-state index is 14.1. The number of carbonyl (C=O) groups is 1. The quantitative estimate of drug-likeness (QED) is 0.226. The Balaban J connectivity index is 1.25. The van der Waals surface area contributed by atoms with Crippen molar-refractivity contribution in [3.8, 4) is 0 Å². The minimum Gasteiger partial charge on any atom is -0.322 e. The summed E-state index contributed by atoms with van der Waals surface area (Å²) in [5, 5.41) is 3.58. The van der Waals surface area contributed by atoms with Gasteiger partial charge in [0, 0.05) is 35.8 Å². The molecule has 1 amide bonds. The van der Waals surface area contributed by atoms with E-state index in [-0.39, 0.29) is 45.0 Å². The molecule has 6 nitrogen and oxygen atoms in total. The van der Waals surface area contributed by atoms with Gasteiger partial charge in [-0.15, -0.1) is 0 Å². The van der Waals surface area contributed by atoms with Crippen LogP contribution < -0.4 is 5.32 Å². The maximum atomic E-state index is 14.1. The zero-order valence-electron chi connectivity index (χ0n) is 23.3. The average Bonchev–Trinajstić information content (AvgIpc) is 3.48. The number of halogens is 4. The van der Waals surface area contributed by atoms with E-state index in [1.165, 1.54) is 23.8 Å². The van der Waals surface area contributed by atoms with E-state index in [0.29, 0.717) is 31.7 Å². The minimum atomic E-state index is -3.97. The molecule has 0 spiro atoms. The van der Waals surface area contributed by atoms with Crippen molar-refractivity contribution in [2.75, 3.05) is 11.9 Å². The lowest BCUT2D eigenvalue weighted by Gasteiger charge is -2.35. The molecule has 226 valence electrons. The van der Waals surface area contributed by atoms with Crippen molar-refractivity contribution >= 4 is 33.0 Å². The van der Waals surface area contributed by atoms with Crippen LogP contribution in [0.3, 0.4) is 0 Å². The molecule has 3 aliphatic rings. The summed E-state index contributed by atoms with van der Waals surface area (Å²) in [5.41, 5.74) is 1.95. The molecule has 1 N–H and O–H groups in total. The fourth-order valence-electron chi connectivity index (χ4n) is 6.80. The molecule has 0 radical (unpaired) electrons. The Morgan fingerprint density at radius 3 is 2.47 bits per heavy atom. The van der Waals surface area contributed by atoms with Gasteiger partial charge in [-0.05, 0) is 54.9 Å². The number of benzene rings is 3. The largest absolute Gasteiger partial charge is 0.322 e. The number of amides is 1. The van der Waals surface area contributed by atoms with Crippen molar-refractivity contribution in [1.82, 2.24) is 5.06 Å². The zero-order valence-corrected chi connectivity index (χ0v) is 24.8. The van der Waals surface area contributed by atoms with Crippen molar-refractivity contribution in [3.63, 3.8) is 0 Å². The summed E-state index contributed by atoms with van der Waals surface area (Å²) in [7, 11) is -3.97. The van der Waals surface area contributed by atoms with E-state index < -0.39 is 38.4 Å². The van der Waals surface area contributed by atoms with E-state index in [0.717, 1.165) is 18.4 Å². The predicted molar refractivity (Wildman–Crippen MR) is 156 cm³/mol. The highest BCUT2D eigenvalue weighted by atomic mass is 35.5. The van der Waals surface area contributed by atoms with E-state index in [4.69, 9.17) is 16.4 Å². The molecule has 3 aromatic carbocycles. The fourth-order valence-corrected chi connectivity index (χ4v) is 9.57. The third-order valence-electron chi connectivity index (χ3n) is 8.70. The molecule has 3 aromatic rings. The summed E-state index contributed by atoms with van der Waals surface area (Å²) < 4.78 is 68.8. The molecule has 2 fully saturated rings. The van der Waals surface area contributed by atoms with E-state index in [9.17, 15) is 26.4 Å². The molecular weight excluding hydrogens is 601 g/mol. The predicted octanol–water partition coefficient (Wildman–Crippen LogP) is 6.96. The zero-order chi connectivity index (χ0) is 30.5. The second-order valence-corrected chi connectivity index (χ2v) is 14.1. The van der Waals surface area contributed by atoms with Crippen LogP contribution in [0.15, 0.2) is 77.2 Å². The Kier molecular flexibility index (Phi) is 8.14. The van der Waals surface area contributed by atoms with Crippen molar-refractivity contribution in [2.45, 2.75) is 48.9 Å². The topological polar surface area (TPSA) is 75.7 Å². The molecule has 1 aliphatic heterocycles. The van der Waals surface area contributed by atoms with Gasteiger partial charge >= 0.3 is 0 Å². The number of fused-ring (bicyclic) bond motifs is 2. The van der Waals surface area contributed by atoms with Gasteiger partial charge < -0.3 is 5.32 Å². The molecule has 11 heteroatoms. The SMILES string of the molecule is CC1CON(Cc2ccccc2)C1C1=C[C@@H]2CCC(C1)C2S(=O)(=O)c1cc(C(=O)Nc2cc(F)c(F)c(F)c2)ccc1Cl. The third kappa shape index (κ3) is 5.73. The Morgan fingerprint density at radius 2 is 1.77 bits per heavy atom. The van der Waals surface area contributed by atoms with Crippen LogP contribution in [-0.2, 0) is 21.2 Å². The van der Waals surface area contributed by atoms with Crippen molar-refractivity contribution in [3.05, 3.63) is 106 Å². The Morgan fingerprint density at radius 1 is 1.05 bits per heavy atom. The first-order chi connectivity index (χ1) is 20.5. The van der Waals surface area contributed by atoms with Gasteiger partial charge in [-0.2, -0.15) is 5.06 Å². The lowest BCUT2D eigenvalue weighted by Crippen LogP contribution is -2.39. The van der Waals surface area contributed by atoms with E-state index in [2.05, 4.69) is 30.4 Å². The second kappa shape index (κ2) is 11.7. The molecule has 43 heavy (non-hydrogen) atoms. The third-order valence-corrected chi connectivity index (χ3v) is 11.5. The molecule has 1 saturated heterocycles. The Bertz CT molecular complexity index is 1680. The van der Waals surface area contributed by atoms with Gasteiger partial charge in [-0.3, -0.25) is 9.63 Å². The molecule has 1 saturated carbocycles. The molecule has 5 atom stereocenters. The molecule has 2 aliphatic carbocycles. The smallest absolute Gasteiger partial charge is 0.255 e. The van der Waals surface area contributed by atoms with Gasteiger partial charge in [0.15, 0.2) is 27.3 Å². The van der Waals surface area contributed by atoms with Crippen LogP contribution in [0, 0.1) is 35.2 Å². The Hall–Kier alpha value is -3.18. The molecule has 4 unspecified atom stereocenters. The number of anilines is 1. The summed E-state index contributed by atoms with van der Waals surface area (Å²) in [4.78, 5) is 18.8. The van der Waals surface area contributed by atoms with Crippen LogP contribution in [0.25, 0.3) is 0 Å². The lowest BCUT2D eigenvalue weighted by molar-refractivity contribution is -0.133. The first kappa shape index (κ1) is 29.9. The number of hydrogen-bond acceptors (Lipinski definition) is 5. The number of nitrogens with zero attached hydrogens (tertiary/aromatic N) is 1. The van der Waals surface area contributed by atoms with Crippen molar-refractivity contribution in [2.24, 2.45) is 17.8 Å². The van der Waals surface area contributed by atoms with Gasteiger partial charge in [0.25, 0.3) is 5.91 Å². The molecule has 0 aromatic heterocycles. The number of hydrogen-bond donors (Lipinski definition) is 1. The number of allylic oxidation sites excluding steroid dienone is 1. The second-order valence-electron chi connectivity index (χ2n) is 11.6. The molecule has 6 rings (SSSR count). The van der Waals surface area contributed by atoms with Gasteiger partial charge in [0.05, 0.1) is 27.8 Å². The van der Waals surface area contributed by atoms with Crippen LogP contribution in [0.5, 0.6) is 0 Å². The van der Waals surface area contributed by atoms with E-state index in [1.54, 1.807) is 0 Å². The maximum Gasteiger partial charge on any atom is 0.255 e. The average molecular weight is 631 g/mol. The molecule has 1 heterocycles. The highest BCUT2D eigenvalue weighted by Gasteiger charge is 2.50. The summed E-state index contributed by atoms with van der Waals surface area (Å²) in [5.74, 6) is -5.50. The number of hydroxylamine groups is 2. The van der Waals surface area contributed by atoms with E-state index in [1.807, 2.05) is 23.3 Å². The lowest BCUT2D eigenvalue weighted by atomic mass is 9.82. The van der Waals surface area contributed by atoms with Crippen LogP contribution in [0.4, 0.5) is 18.9 Å². The molecule has 2 bridgehead atoms. The number of sulfone groups is 1. The van der Waals surface area contributed by atoms with Gasteiger partial charge in [0.2, 0.25) is 0 Å². The summed E-state index contributed by atoms with van der Waals surface area (Å²) >= 11 is 6.40.